The lowest BCUT2D eigenvalue weighted by atomic mass is 9.45. The Hall–Kier alpha value is -2.99. The standard InChI is InChI=1S/C49H73N3O6/c1-34-13-14-40(28-37-10-8-11-38(27-37)29-47(52-31-34,20-23-50-4)22-26-58-6)35(2)9-7-12-42(33-55)43-17-19-49(46(43)56)45-39(18-25-53)15-16-41(44(45)36(3)32-54)30-48(49,57)21-24-51-5/h7-13,15-16,27,32,39-41,43,45-46,50-53,55-57H,2,14,17-26,28-31,33H2,1,3-6H3/t39-,40+,41+,43-,45-,46-,47-,48-,49-/m1/s1. The van der Waals surface area contributed by atoms with Crippen molar-refractivity contribution in [3.8, 4) is 0 Å². The minimum Gasteiger partial charge on any atom is -0.396 e. The van der Waals surface area contributed by atoms with Crippen LogP contribution in [0.1, 0.15) is 76.3 Å². The summed E-state index contributed by atoms with van der Waals surface area (Å²) in [6.45, 7) is 11.3. The summed E-state index contributed by atoms with van der Waals surface area (Å²) in [4.78, 5) is 12.3. The first-order valence-corrected chi connectivity index (χ1v) is 21.7. The molecule has 4 aliphatic rings. The molecule has 1 aromatic carbocycles. The van der Waals surface area contributed by atoms with Crippen LogP contribution in [0.2, 0.25) is 0 Å². The van der Waals surface area contributed by atoms with E-state index in [0.717, 1.165) is 68.2 Å². The van der Waals surface area contributed by atoms with Crippen LogP contribution in [0.4, 0.5) is 0 Å². The monoisotopic (exact) mass is 800 g/mol. The van der Waals surface area contributed by atoms with Crippen molar-refractivity contribution in [2.75, 3.05) is 60.7 Å². The van der Waals surface area contributed by atoms with E-state index in [1.165, 1.54) is 16.7 Å². The number of methoxy groups -OCH3 is 1. The first-order chi connectivity index (χ1) is 27.9. The summed E-state index contributed by atoms with van der Waals surface area (Å²) in [6, 6.07) is 8.97. The summed E-state index contributed by atoms with van der Waals surface area (Å²) in [6.07, 6.45) is 19.4. The van der Waals surface area contributed by atoms with Gasteiger partial charge in [-0.1, -0.05) is 84.0 Å². The highest BCUT2D eigenvalue weighted by Crippen LogP contribution is 2.67. The highest BCUT2D eigenvalue weighted by Gasteiger charge is 2.68. The third kappa shape index (κ3) is 9.96. The number of benzene rings is 1. The van der Waals surface area contributed by atoms with E-state index < -0.39 is 17.1 Å². The normalized spacial score (nSPS) is 33.8. The summed E-state index contributed by atoms with van der Waals surface area (Å²) >= 11 is 0. The Kier molecular flexibility index (Phi) is 16.7. The van der Waals surface area contributed by atoms with Gasteiger partial charge in [-0.05, 0) is 145 Å². The molecule has 1 aliphatic heterocycles. The van der Waals surface area contributed by atoms with E-state index >= 15 is 0 Å². The van der Waals surface area contributed by atoms with Crippen LogP contribution in [-0.4, -0.2) is 105 Å². The molecule has 58 heavy (non-hydrogen) atoms. The van der Waals surface area contributed by atoms with Crippen molar-refractivity contribution in [1.29, 1.82) is 0 Å². The lowest BCUT2D eigenvalue weighted by molar-refractivity contribution is -0.194. The molecule has 1 heterocycles. The van der Waals surface area contributed by atoms with Gasteiger partial charge in [-0.15, -0.1) is 0 Å². The smallest absolute Gasteiger partial charge is 0.145 e. The lowest BCUT2D eigenvalue weighted by Crippen LogP contribution is -2.65. The Morgan fingerprint density at radius 3 is 2.57 bits per heavy atom. The first-order valence-electron chi connectivity index (χ1n) is 21.7. The third-order valence-electron chi connectivity index (χ3n) is 14.3. The van der Waals surface area contributed by atoms with Crippen LogP contribution in [0.25, 0.3) is 0 Å². The Labute approximate surface area is 348 Å². The lowest BCUT2D eigenvalue weighted by Gasteiger charge is -2.61. The molecule has 1 aromatic rings. The van der Waals surface area contributed by atoms with E-state index in [1.54, 1.807) is 7.11 Å². The fourth-order valence-electron chi connectivity index (χ4n) is 11.2. The van der Waals surface area contributed by atoms with Gasteiger partial charge in [0.15, 0.2) is 0 Å². The molecule has 0 saturated heterocycles. The molecule has 9 nitrogen and oxygen atoms in total. The molecular weight excluding hydrogens is 727 g/mol. The Balaban J connectivity index is 1.42. The second-order valence-corrected chi connectivity index (χ2v) is 17.9. The average molecular weight is 800 g/mol. The van der Waals surface area contributed by atoms with Crippen molar-refractivity contribution in [2.45, 2.75) is 95.3 Å². The largest absolute Gasteiger partial charge is 0.396 e. The van der Waals surface area contributed by atoms with E-state index in [1.807, 2.05) is 39.2 Å². The minimum atomic E-state index is -1.22. The molecule has 0 amide bonds. The number of carbonyl (C=O) groups is 1. The molecule has 0 aromatic heterocycles. The second-order valence-electron chi connectivity index (χ2n) is 17.9. The zero-order chi connectivity index (χ0) is 41.9. The molecular formula is C49H73N3O6. The molecule has 2 saturated carbocycles. The van der Waals surface area contributed by atoms with Gasteiger partial charge < -0.3 is 41.1 Å². The molecule has 0 radical (unpaired) electrons. The van der Waals surface area contributed by atoms with Gasteiger partial charge >= 0.3 is 0 Å². The zero-order valence-corrected chi connectivity index (χ0v) is 35.9. The predicted molar refractivity (Wildman–Crippen MR) is 234 cm³/mol. The number of carbonyl (C=O) groups excluding carboxylic acids is 1. The van der Waals surface area contributed by atoms with Crippen molar-refractivity contribution in [3.05, 3.63) is 106 Å². The maximum Gasteiger partial charge on any atom is 0.145 e. The molecule has 9 heteroatoms. The molecule has 9 atom stereocenters. The number of aliphatic hydroxyl groups is 4. The highest BCUT2D eigenvalue weighted by atomic mass is 16.5. The van der Waals surface area contributed by atoms with Gasteiger partial charge in [-0.3, -0.25) is 4.79 Å². The molecule has 4 bridgehead atoms. The summed E-state index contributed by atoms with van der Waals surface area (Å²) in [5.41, 5.74) is 4.96. The number of allylic oxidation sites excluding steroid dienone is 9. The van der Waals surface area contributed by atoms with Gasteiger partial charge in [0.05, 0.1) is 18.3 Å². The number of rotatable bonds is 17. The van der Waals surface area contributed by atoms with E-state index in [2.05, 4.69) is 71.9 Å². The number of ether oxygens (including phenoxy) is 1. The topological polar surface area (TPSA) is 143 Å². The fraction of sp³-hybridized carbons (Fsp3) is 0.612. The molecule has 320 valence electrons. The number of aliphatic hydroxyl groups excluding tert-OH is 3. The molecule has 5 rings (SSSR count). The van der Waals surface area contributed by atoms with E-state index in [9.17, 15) is 25.2 Å². The average Bonchev–Trinajstić information content (AvgIpc) is 3.57. The van der Waals surface area contributed by atoms with Gasteiger partial charge in [0.25, 0.3) is 0 Å². The maximum atomic E-state index is 12.8. The van der Waals surface area contributed by atoms with Gasteiger partial charge in [0.1, 0.15) is 6.29 Å². The molecule has 2 fully saturated rings. The number of aldehydes is 1. The summed E-state index contributed by atoms with van der Waals surface area (Å²) in [5, 5.41) is 57.0. The van der Waals surface area contributed by atoms with Gasteiger partial charge in [-0.25, -0.2) is 0 Å². The van der Waals surface area contributed by atoms with Crippen LogP contribution < -0.4 is 16.0 Å². The number of hydrogen-bond acceptors (Lipinski definition) is 9. The van der Waals surface area contributed by atoms with E-state index in [0.29, 0.717) is 50.8 Å². The maximum absolute atomic E-state index is 12.8. The summed E-state index contributed by atoms with van der Waals surface area (Å²) < 4.78 is 5.57. The Morgan fingerprint density at radius 2 is 1.86 bits per heavy atom. The molecule has 3 aliphatic carbocycles. The fourth-order valence-corrected chi connectivity index (χ4v) is 11.2. The first kappa shape index (κ1) is 46.1. The van der Waals surface area contributed by atoms with Gasteiger partial charge in [0, 0.05) is 49.7 Å². The molecule has 7 N–H and O–H groups in total. The van der Waals surface area contributed by atoms with Crippen LogP contribution >= 0.6 is 0 Å². The number of fused-ring (bicyclic) bond motifs is 5. The summed E-state index contributed by atoms with van der Waals surface area (Å²) in [7, 11) is 5.65. The van der Waals surface area contributed by atoms with Crippen LogP contribution in [0.5, 0.6) is 0 Å². The van der Waals surface area contributed by atoms with Crippen molar-refractivity contribution in [1.82, 2.24) is 16.0 Å². The third-order valence-corrected chi connectivity index (χ3v) is 14.3. The van der Waals surface area contributed by atoms with Crippen molar-refractivity contribution in [2.24, 2.45) is 35.0 Å². The predicted octanol–water partition coefficient (Wildman–Crippen LogP) is 5.56. The van der Waals surface area contributed by atoms with Crippen LogP contribution in [-0.2, 0) is 22.4 Å². The SMILES string of the molecule is C=C(C=CC=C(CO)[C@H]1CC[C@]2([C@@H]1O)[C@H]1C(=C(C)C=O)[C@@H](C=C[C@@H]1CCO)C[C@]2(O)CCNC)[C@H]1CC=C(C)CN[C@](CCNC)(CCOC)Cc2cccc(c2)C1. The Morgan fingerprint density at radius 1 is 1.10 bits per heavy atom. The molecule has 1 spiro atoms. The van der Waals surface area contributed by atoms with Gasteiger partial charge in [0.2, 0.25) is 0 Å². The second kappa shape index (κ2) is 21.0. The van der Waals surface area contributed by atoms with E-state index in [4.69, 9.17) is 4.74 Å². The Bertz CT molecular complexity index is 1700. The van der Waals surface area contributed by atoms with Gasteiger partial charge in [-0.2, -0.15) is 0 Å². The van der Waals surface area contributed by atoms with Crippen molar-refractivity contribution >= 4 is 6.29 Å². The summed E-state index contributed by atoms with van der Waals surface area (Å²) in [5.74, 6) is -0.780. The van der Waals surface area contributed by atoms with Crippen LogP contribution in [0.3, 0.4) is 0 Å². The van der Waals surface area contributed by atoms with Crippen LogP contribution in [0.15, 0.2) is 95.2 Å². The van der Waals surface area contributed by atoms with Crippen LogP contribution in [0, 0.1) is 35.0 Å². The van der Waals surface area contributed by atoms with Crippen molar-refractivity contribution < 1.29 is 30.0 Å². The number of nitrogens with one attached hydrogen (secondary N) is 3. The number of hydrogen-bond donors (Lipinski definition) is 7. The quantitative estimate of drug-likeness (QED) is 0.0467. The van der Waals surface area contributed by atoms with E-state index in [-0.39, 0.29) is 48.3 Å². The minimum absolute atomic E-state index is 0.0319. The molecule has 0 unspecified atom stereocenters. The van der Waals surface area contributed by atoms with Crippen molar-refractivity contribution in [3.63, 3.8) is 0 Å². The zero-order valence-electron chi connectivity index (χ0n) is 35.9. The highest BCUT2D eigenvalue weighted by molar-refractivity contribution is 5.74.